The van der Waals surface area contributed by atoms with Crippen LogP contribution in [-0.2, 0) is 24.2 Å². The number of carbonyl (C=O) groups is 1. The van der Waals surface area contributed by atoms with Crippen molar-refractivity contribution >= 4 is 21.7 Å². The first kappa shape index (κ1) is 14.7. The second kappa shape index (κ2) is 5.75. The van der Waals surface area contributed by atoms with Gasteiger partial charge in [0, 0.05) is 24.9 Å². The summed E-state index contributed by atoms with van der Waals surface area (Å²) in [6.45, 7) is 4.90. The van der Waals surface area contributed by atoms with E-state index < -0.39 is 0 Å². The van der Waals surface area contributed by atoms with Gasteiger partial charge in [-0.25, -0.2) is 0 Å². The first-order chi connectivity index (χ1) is 8.99. The van der Waals surface area contributed by atoms with Crippen LogP contribution in [0.4, 0.5) is 0 Å². The predicted molar refractivity (Wildman–Crippen MR) is 79.1 cm³/mol. The molecule has 0 spiro atoms. The van der Waals surface area contributed by atoms with Crippen LogP contribution >= 0.6 is 15.9 Å². The molecule has 4 nitrogen and oxygen atoms in total. The summed E-state index contributed by atoms with van der Waals surface area (Å²) in [5, 5.41) is 4.52. The number of Topliss-reactive ketones (excluding diaryl/α,β-unsaturated/α-hetero) is 1. The predicted octanol–water partition coefficient (Wildman–Crippen LogP) is 2.61. The number of nitrogens with two attached hydrogens (primary N) is 1. The standard InChI is InChI=1S/C14H22BrN3O/c1-3-11-13(15)12(18(4-2)17-11)8-10(19)9-14(16)6-5-7-14/h3-9,16H2,1-2H3. The smallest absolute Gasteiger partial charge is 0.140 e. The van der Waals surface area contributed by atoms with Crippen molar-refractivity contribution in [3.05, 3.63) is 15.9 Å². The molecule has 0 atom stereocenters. The maximum Gasteiger partial charge on any atom is 0.140 e. The van der Waals surface area contributed by atoms with Gasteiger partial charge in [0.25, 0.3) is 0 Å². The van der Waals surface area contributed by atoms with E-state index in [4.69, 9.17) is 5.73 Å². The van der Waals surface area contributed by atoms with Gasteiger partial charge in [-0.1, -0.05) is 6.92 Å². The van der Waals surface area contributed by atoms with Crippen molar-refractivity contribution in [1.29, 1.82) is 0 Å². The van der Waals surface area contributed by atoms with Gasteiger partial charge >= 0.3 is 0 Å². The van der Waals surface area contributed by atoms with E-state index in [0.29, 0.717) is 12.8 Å². The van der Waals surface area contributed by atoms with Crippen molar-refractivity contribution in [2.75, 3.05) is 0 Å². The number of nitrogens with zero attached hydrogens (tertiary/aromatic N) is 2. The topological polar surface area (TPSA) is 60.9 Å². The molecule has 19 heavy (non-hydrogen) atoms. The van der Waals surface area contributed by atoms with Gasteiger partial charge < -0.3 is 5.73 Å². The fourth-order valence-corrected chi connectivity index (χ4v) is 3.34. The highest BCUT2D eigenvalue weighted by Crippen LogP contribution is 2.33. The molecular formula is C14H22BrN3O. The molecule has 0 amide bonds. The van der Waals surface area contributed by atoms with E-state index in [9.17, 15) is 4.79 Å². The zero-order chi connectivity index (χ0) is 14.0. The third kappa shape index (κ3) is 3.08. The van der Waals surface area contributed by atoms with Crippen LogP contribution in [0.25, 0.3) is 0 Å². The minimum Gasteiger partial charge on any atom is -0.325 e. The molecular weight excluding hydrogens is 306 g/mol. The van der Waals surface area contributed by atoms with Crippen LogP contribution in [-0.4, -0.2) is 21.1 Å². The molecule has 0 aliphatic heterocycles. The van der Waals surface area contributed by atoms with Crippen molar-refractivity contribution in [2.24, 2.45) is 5.73 Å². The van der Waals surface area contributed by atoms with Crippen LogP contribution in [0.3, 0.4) is 0 Å². The van der Waals surface area contributed by atoms with Crippen molar-refractivity contribution < 1.29 is 4.79 Å². The lowest BCUT2D eigenvalue weighted by molar-refractivity contribution is -0.120. The van der Waals surface area contributed by atoms with Crippen LogP contribution in [0, 0.1) is 0 Å². The Morgan fingerprint density at radius 3 is 2.63 bits per heavy atom. The van der Waals surface area contributed by atoms with Gasteiger partial charge in [0.2, 0.25) is 0 Å². The molecule has 5 heteroatoms. The summed E-state index contributed by atoms with van der Waals surface area (Å²) in [6, 6.07) is 0. The molecule has 106 valence electrons. The minimum atomic E-state index is -0.228. The monoisotopic (exact) mass is 327 g/mol. The molecule has 1 aromatic rings. The van der Waals surface area contributed by atoms with E-state index in [2.05, 4.69) is 28.0 Å². The first-order valence-electron chi connectivity index (χ1n) is 7.03. The molecule has 0 aromatic carbocycles. The largest absolute Gasteiger partial charge is 0.325 e. The number of aryl methyl sites for hydroxylation is 2. The van der Waals surface area contributed by atoms with Gasteiger partial charge in [-0.3, -0.25) is 9.48 Å². The number of halogens is 1. The first-order valence-corrected chi connectivity index (χ1v) is 7.83. The Morgan fingerprint density at radius 2 is 2.16 bits per heavy atom. The van der Waals surface area contributed by atoms with Crippen molar-refractivity contribution in [3.63, 3.8) is 0 Å². The van der Waals surface area contributed by atoms with E-state index in [-0.39, 0.29) is 11.3 Å². The number of hydrogen-bond donors (Lipinski definition) is 1. The Hall–Kier alpha value is -0.680. The van der Waals surface area contributed by atoms with Gasteiger partial charge in [0.05, 0.1) is 15.9 Å². The zero-order valence-electron chi connectivity index (χ0n) is 11.7. The second-order valence-electron chi connectivity index (χ2n) is 5.48. The quantitative estimate of drug-likeness (QED) is 0.873. The van der Waals surface area contributed by atoms with E-state index in [1.807, 2.05) is 11.6 Å². The lowest BCUT2D eigenvalue weighted by atomic mass is 9.74. The third-order valence-corrected chi connectivity index (χ3v) is 4.87. The Labute approximate surface area is 122 Å². The summed E-state index contributed by atoms with van der Waals surface area (Å²) >= 11 is 3.58. The number of carbonyl (C=O) groups excluding carboxylic acids is 1. The number of ketones is 1. The van der Waals surface area contributed by atoms with Crippen molar-refractivity contribution in [3.8, 4) is 0 Å². The van der Waals surface area contributed by atoms with Crippen LogP contribution in [0.1, 0.15) is 50.9 Å². The third-order valence-electron chi connectivity index (χ3n) is 3.96. The van der Waals surface area contributed by atoms with E-state index in [0.717, 1.165) is 48.1 Å². The highest BCUT2D eigenvalue weighted by atomic mass is 79.9. The molecule has 1 fully saturated rings. The maximum absolute atomic E-state index is 12.2. The Balaban J connectivity index is 2.09. The second-order valence-corrected chi connectivity index (χ2v) is 6.28. The minimum absolute atomic E-state index is 0.222. The molecule has 1 aliphatic carbocycles. The molecule has 1 aromatic heterocycles. The molecule has 0 unspecified atom stereocenters. The summed E-state index contributed by atoms with van der Waals surface area (Å²) in [4.78, 5) is 12.2. The van der Waals surface area contributed by atoms with Crippen LogP contribution in [0.5, 0.6) is 0 Å². The molecule has 0 radical (unpaired) electrons. The molecule has 1 heterocycles. The normalized spacial score (nSPS) is 17.3. The molecule has 0 bridgehead atoms. The molecule has 1 aliphatic rings. The summed E-state index contributed by atoms with van der Waals surface area (Å²) < 4.78 is 2.91. The molecule has 2 N–H and O–H groups in total. The Morgan fingerprint density at radius 1 is 1.47 bits per heavy atom. The van der Waals surface area contributed by atoms with E-state index >= 15 is 0 Å². The number of aromatic nitrogens is 2. The van der Waals surface area contributed by atoms with Crippen LogP contribution < -0.4 is 5.73 Å². The molecule has 1 saturated carbocycles. The van der Waals surface area contributed by atoms with Gasteiger partial charge in [0.1, 0.15) is 5.78 Å². The maximum atomic E-state index is 12.2. The van der Waals surface area contributed by atoms with Crippen LogP contribution in [0.15, 0.2) is 4.47 Å². The number of rotatable bonds is 6. The lowest BCUT2D eigenvalue weighted by Crippen LogP contribution is -2.48. The lowest BCUT2D eigenvalue weighted by Gasteiger charge is -2.37. The SMILES string of the molecule is CCc1nn(CC)c(CC(=O)CC2(N)CCC2)c1Br. The highest BCUT2D eigenvalue weighted by molar-refractivity contribution is 9.10. The fourth-order valence-electron chi connectivity index (χ4n) is 2.64. The Bertz CT molecular complexity index is 477. The van der Waals surface area contributed by atoms with Crippen molar-refractivity contribution in [1.82, 2.24) is 9.78 Å². The van der Waals surface area contributed by atoms with Crippen LogP contribution in [0.2, 0.25) is 0 Å². The average Bonchev–Trinajstić information content (AvgIpc) is 2.64. The molecule has 2 rings (SSSR count). The zero-order valence-corrected chi connectivity index (χ0v) is 13.3. The summed E-state index contributed by atoms with van der Waals surface area (Å²) in [5.74, 6) is 0.222. The fraction of sp³-hybridized carbons (Fsp3) is 0.714. The summed E-state index contributed by atoms with van der Waals surface area (Å²) in [6.07, 6.45) is 4.91. The average molecular weight is 328 g/mol. The number of hydrogen-bond acceptors (Lipinski definition) is 3. The van der Waals surface area contributed by atoms with E-state index in [1.54, 1.807) is 0 Å². The summed E-state index contributed by atoms with van der Waals surface area (Å²) in [7, 11) is 0. The summed E-state index contributed by atoms with van der Waals surface area (Å²) in [5.41, 5.74) is 7.93. The molecule has 0 saturated heterocycles. The van der Waals surface area contributed by atoms with Crippen molar-refractivity contribution in [2.45, 2.75) is 64.5 Å². The van der Waals surface area contributed by atoms with Gasteiger partial charge in [-0.05, 0) is 48.5 Å². The van der Waals surface area contributed by atoms with E-state index in [1.165, 1.54) is 0 Å². The van der Waals surface area contributed by atoms with Gasteiger partial charge in [0.15, 0.2) is 0 Å². The Kier molecular flexibility index (Phi) is 4.46. The van der Waals surface area contributed by atoms with Gasteiger partial charge in [-0.15, -0.1) is 0 Å². The highest BCUT2D eigenvalue weighted by Gasteiger charge is 2.34. The van der Waals surface area contributed by atoms with Gasteiger partial charge in [-0.2, -0.15) is 5.10 Å².